The molecule has 1 rings (SSSR count). The number of sulfonamides is 1. The van der Waals surface area contributed by atoms with Crippen molar-refractivity contribution in [2.75, 3.05) is 0 Å². The molecule has 0 aliphatic rings. The number of aromatic amines is 1. The standard InChI is InChI=1S/C6H4F3N3O6S/c7-6(8,9)18-2-1-3(12(14)15)11-5(13)4(2)19(10,16)17/h1H,(H,11,13)(H2,10,16,17). The lowest BCUT2D eigenvalue weighted by molar-refractivity contribution is -0.390. The van der Waals surface area contributed by atoms with E-state index in [1.54, 1.807) is 0 Å². The molecule has 0 bridgehead atoms. The molecular formula is C6H4F3N3O6S. The fourth-order valence-electron chi connectivity index (χ4n) is 1.08. The highest BCUT2D eigenvalue weighted by atomic mass is 32.2. The summed E-state index contributed by atoms with van der Waals surface area (Å²) in [5.41, 5.74) is -1.70. The number of rotatable bonds is 3. The quantitative estimate of drug-likeness (QED) is 0.585. The summed E-state index contributed by atoms with van der Waals surface area (Å²) in [5.74, 6) is -2.76. The van der Waals surface area contributed by atoms with Gasteiger partial charge < -0.3 is 14.9 Å². The number of H-pyrrole nitrogens is 1. The van der Waals surface area contributed by atoms with E-state index >= 15 is 0 Å². The molecule has 0 unspecified atom stereocenters. The smallest absolute Gasteiger partial charge is 0.404 e. The van der Waals surface area contributed by atoms with Gasteiger partial charge in [-0.05, 0) is 4.92 Å². The average Bonchev–Trinajstić information content (AvgIpc) is 2.10. The summed E-state index contributed by atoms with van der Waals surface area (Å²) in [6, 6.07) is 0.0919. The van der Waals surface area contributed by atoms with Crippen LogP contribution >= 0.6 is 0 Å². The Morgan fingerprint density at radius 3 is 2.32 bits per heavy atom. The number of pyridine rings is 1. The van der Waals surface area contributed by atoms with Crippen molar-refractivity contribution < 1.29 is 31.2 Å². The van der Waals surface area contributed by atoms with Gasteiger partial charge in [0.15, 0.2) is 5.75 Å². The number of nitrogens with one attached hydrogen (secondary N) is 1. The Balaban J connectivity index is 3.64. The minimum Gasteiger partial charge on any atom is -0.404 e. The maximum Gasteiger partial charge on any atom is 0.573 e. The van der Waals surface area contributed by atoms with E-state index < -0.39 is 43.3 Å². The summed E-state index contributed by atoms with van der Waals surface area (Å²) in [4.78, 5) is 20.2. The molecule has 0 fully saturated rings. The van der Waals surface area contributed by atoms with Gasteiger partial charge in [0.2, 0.25) is 14.9 Å². The first-order valence-electron chi connectivity index (χ1n) is 4.12. The van der Waals surface area contributed by atoms with Crippen LogP contribution in [-0.4, -0.2) is 24.7 Å². The van der Waals surface area contributed by atoms with E-state index in [9.17, 15) is 36.5 Å². The Kier molecular flexibility index (Phi) is 3.54. The number of hydrogen-bond donors (Lipinski definition) is 2. The third-order valence-electron chi connectivity index (χ3n) is 1.65. The minimum absolute atomic E-state index is 0.0919. The predicted molar refractivity (Wildman–Crippen MR) is 51.8 cm³/mol. The number of nitrogens with two attached hydrogens (primary N) is 1. The second kappa shape index (κ2) is 4.51. The van der Waals surface area contributed by atoms with Crippen LogP contribution in [0.4, 0.5) is 19.0 Å². The van der Waals surface area contributed by atoms with Crippen molar-refractivity contribution >= 4 is 15.8 Å². The molecule has 0 saturated heterocycles. The summed E-state index contributed by atoms with van der Waals surface area (Å²) < 4.78 is 61.3. The molecule has 13 heteroatoms. The van der Waals surface area contributed by atoms with Crippen molar-refractivity contribution in [3.63, 3.8) is 0 Å². The van der Waals surface area contributed by atoms with E-state index in [2.05, 4.69) is 9.88 Å². The van der Waals surface area contributed by atoms with Crippen LogP contribution in [0.3, 0.4) is 0 Å². The molecule has 1 aromatic rings. The molecule has 0 aliphatic heterocycles. The highest BCUT2D eigenvalue weighted by molar-refractivity contribution is 7.89. The van der Waals surface area contributed by atoms with Crippen LogP contribution in [0, 0.1) is 10.1 Å². The Morgan fingerprint density at radius 2 is 1.95 bits per heavy atom. The van der Waals surface area contributed by atoms with Crippen molar-refractivity contribution in [3.05, 3.63) is 26.5 Å². The van der Waals surface area contributed by atoms with Crippen LogP contribution in [0.1, 0.15) is 0 Å². The van der Waals surface area contributed by atoms with E-state index in [1.807, 2.05) is 0 Å². The SMILES string of the molecule is NS(=O)(=O)c1c(OC(F)(F)F)cc([N+](=O)[O-])[nH]c1=O. The Morgan fingerprint density at radius 1 is 1.42 bits per heavy atom. The van der Waals surface area contributed by atoms with Crippen LogP contribution in [0.2, 0.25) is 0 Å². The van der Waals surface area contributed by atoms with Crippen LogP contribution in [0.15, 0.2) is 15.8 Å². The van der Waals surface area contributed by atoms with Gasteiger partial charge in [0.25, 0.3) is 0 Å². The molecule has 0 spiro atoms. The van der Waals surface area contributed by atoms with Crippen molar-refractivity contribution in [2.24, 2.45) is 5.14 Å². The number of hydrogen-bond acceptors (Lipinski definition) is 6. The lowest BCUT2D eigenvalue weighted by Crippen LogP contribution is -2.28. The molecule has 9 nitrogen and oxygen atoms in total. The molecule has 106 valence electrons. The van der Waals surface area contributed by atoms with Crippen molar-refractivity contribution in [3.8, 4) is 5.75 Å². The number of aromatic nitrogens is 1. The molecule has 0 saturated carbocycles. The molecule has 0 atom stereocenters. The third-order valence-corrected chi connectivity index (χ3v) is 2.60. The lowest BCUT2D eigenvalue weighted by atomic mass is 10.4. The van der Waals surface area contributed by atoms with Crippen LogP contribution in [-0.2, 0) is 10.0 Å². The van der Waals surface area contributed by atoms with Gasteiger partial charge in [-0.1, -0.05) is 0 Å². The Bertz CT molecular complexity index is 678. The second-order valence-corrected chi connectivity index (χ2v) is 4.53. The number of nitro groups is 1. The van der Waals surface area contributed by atoms with Crippen molar-refractivity contribution in [1.29, 1.82) is 0 Å². The maximum atomic E-state index is 12.0. The van der Waals surface area contributed by atoms with Gasteiger partial charge in [0, 0.05) is 0 Å². The van der Waals surface area contributed by atoms with Gasteiger partial charge in [-0.15, -0.1) is 13.2 Å². The van der Waals surface area contributed by atoms with Gasteiger partial charge in [-0.25, -0.2) is 23.3 Å². The summed E-state index contributed by atoms with van der Waals surface area (Å²) in [7, 11) is -4.87. The molecule has 0 aromatic carbocycles. The molecule has 0 amide bonds. The third kappa shape index (κ3) is 3.65. The highest BCUT2D eigenvalue weighted by Crippen LogP contribution is 2.28. The summed E-state index contributed by atoms with van der Waals surface area (Å²) >= 11 is 0. The van der Waals surface area contributed by atoms with Crippen LogP contribution in [0.5, 0.6) is 5.75 Å². The number of alkyl halides is 3. The molecule has 1 aromatic heterocycles. The first-order chi connectivity index (χ1) is 8.42. The topological polar surface area (TPSA) is 145 Å². The zero-order chi connectivity index (χ0) is 15.0. The van der Waals surface area contributed by atoms with Crippen LogP contribution in [0.25, 0.3) is 0 Å². The maximum absolute atomic E-state index is 12.0. The molecule has 0 aliphatic carbocycles. The van der Waals surface area contributed by atoms with E-state index in [0.29, 0.717) is 0 Å². The number of nitrogens with zero attached hydrogens (tertiary/aromatic N) is 1. The number of halogens is 3. The first kappa shape index (κ1) is 14.9. The zero-order valence-electron chi connectivity index (χ0n) is 8.59. The van der Waals surface area contributed by atoms with Crippen molar-refractivity contribution in [1.82, 2.24) is 4.98 Å². The molecule has 3 N–H and O–H groups in total. The fraction of sp³-hybridized carbons (Fsp3) is 0.167. The molecule has 19 heavy (non-hydrogen) atoms. The van der Waals surface area contributed by atoms with Gasteiger partial charge in [0.1, 0.15) is 0 Å². The summed E-state index contributed by atoms with van der Waals surface area (Å²) in [6.45, 7) is 0. The summed E-state index contributed by atoms with van der Waals surface area (Å²) in [6.07, 6.45) is -5.36. The van der Waals surface area contributed by atoms with E-state index in [4.69, 9.17) is 0 Å². The number of ether oxygens (including phenoxy) is 1. The Labute approximate surface area is 102 Å². The first-order valence-corrected chi connectivity index (χ1v) is 5.66. The minimum atomic E-state index is -5.36. The highest BCUT2D eigenvalue weighted by Gasteiger charge is 2.36. The van der Waals surface area contributed by atoms with Crippen molar-refractivity contribution in [2.45, 2.75) is 11.3 Å². The summed E-state index contributed by atoms with van der Waals surface area (Å²) in [5, 5.41) is 14.9. The monoisotopic (exact) mass is 303 g/mol. The lowest BCUT2D eigenvalue weighted by Gasteiger charge is -2.10. The average molecular weight is 303 g/mol. The van der Waals surface area contributed by atoms with E-state index in [0.717, 1.165) is 0 Å². The van der Waals surface area contributed by atoms with Gasteiger partial charge in [-0.3, -0.25) is 0 Å². The van der Waals surface area contributed by atoms with E-state index in [1.165, 1.54) is 4.98 Å². The molecule has 1 heterocycles. The fourth-order valence-corrected chi connectivity index (χ4v) is 1.77. The second-order valence-electron chi connectivity index (χ2n) is 3.03. The number of primary sulfonamides is 1. The molecular weight excluding hydrogens is 299 g/mol. The van der Waals surface area contributed by atoms with Crippen LogP contribution < -0.4 is 15.4 Å². The van der Waals surface area contributed by atoms with Gasteiger partial charge >= 0.3 is 17.7 Å². The Hall–Kier alpha value is -2.15. The zero-order valence-corrected chi connectivity index (χ0v) is 9.41. The normalized spacial score (nSPS) is 12.2. The largest absolute Gasteiger partial charge is 0.573 e. The van der Waals surface area contributed by atoms with Gasteiger partial charge in [0.05, 0.1) is 6.07 Å². The predicted octanol–water partition coefficient (Wildman–Crippen LogP) is -0.171. The van der Waals surface area contributed by atoms with E-state index in [-0.39, 0.29) is 6.07 Å². The molecule has 0 radical (unpaired) electrons. The van der Waals surface area contributed by atoms with Gasteiger partial charge in [-0.2, -0.15) is 0 Å².